The molecule has 7 heteroatoms. The number of para-hydroxylation sites is 1. The first-order chi connectivity index (χ1) is 14.4. The molecule has 0 bridgehead atoms. The molecule has 0 unspecified atom stereocenters. The van der Waals surface area contributed by atoms with Crippen LogP contribution in [0.1, 0.15) is 24.1 Å². The second-order valence-corrected chi connectivity index (χ2v) is 7.26. The third-order valence-corrected chi connectivity index (χ3v) is 5.50. The summed E-state index contributed by atoms with van der Waals surface area (Å²) in [7, 11) is 1.42. The minimum absolute atomic E-state index is 0.0477. The number of hydrogen-bond donors (Lipinski definition) is 3. The van der Waals surface area contributed by atoms with E-state index in [9.17, 15) is 19.8 Å². The maximum absolute atomic E-state index is 12.8. The lowest BCUT2D eigenvalue weighted by atomic mass is 9.96. The molecule has 3 aromatic rings. The summed E-state index contributed by atoms with van der Waals surface area (Å²) in [6, 6.07) is 11.8. The van der Waals surface area contributed by atoms with E-state index in [-0.39, 0.29) is 22.9 Å². The van der Waals surface area contributed by atoms with Gasteiger partial charge in [0.25, 0.3) is 5.91 Å². The number of H-pyrrole nitrogens is 1. The number of benzene rings is 2. The quantitative estimate of drug-likeness (QED) is 0.582. The Hall–Kier alpha value is -3.74. The van der Waals surface area contributed by atoms with Crippen molar-refractivity contribution in [3.8, 4) is 11.5 Å². The van der Waals surface area contributed by atoms with Gasteiger partial charge in [0.15, 0.2) is 23.0 Å². The van der Waals surface area contributed by atoms with E-state index in [0.717, 1.165) is 16.5 Å². The highest BCUT2D eigenvalue weighted by atomic mass is 16.5. The topological polar surface area (TPSA) is 103 Å². The summed E-state index contributed by atoms with van der Waals surface area (Å²) in [6.45, 7) is 1.63. The number of nitrogens with one attached hydrogen (secondary N) is 1. The number of carbonyl (C=O) groups is 2. The Morgan fingerprint density at radius 2 is 1.97 bits per heavy atom. The van der Waals surface area contributed by atoms with Crippen LogP contribution in [-0.4, -0.2) is 45.4 Å². The van der Waals surface area contributed by atoms with Gasteiger partial charge in [0, 0.05) is 23.6 Å². The molecular formula is C23H22N2O5. The standard InChI is InChI=1S/C23H22N2O5/c1-13(26)20-21(14-7-8-18(27)19(11-14)30-2)25(23(29)22(20)28)10-9-15-12-24-17-6-4-3-5-16(15)17/h3-8,11-12,21,24,27-28H,9-10H2,1-2H3/t21-/m1/s1. The van der Waals surface area contributed by atoms with Crippen molar-refractivity contribution in [1.29, 1.82) is 0 Å². The van der Waals surface area contributed by atoms with Crippen molar-refractivity contribution in [1.82, 2.24) is 9.88 Å². The number of rotatable bonds is 6. The van der Waals surface area contributed by atoms with Crippen LogP contribution in [0.5, 0.6) is 11.5 Å². The summed E-state index contributed by atoms with van der Waals surface area (Å²) in [5.41, 5.74) is 2.67. The van der Waals surface area contributed by atoms with Crippen LogP contribution in [0.2, 0.25) is 0 Å². The van der Waals surface area contributed by atoms with Crippen molar-refractivity contribution in [2.45, 2.75) is 19.4 Å². The van der Waals surface area contributed by atoms with Crippen molar-refractivity contribution in [2.24, 2.45) is 0 Å². The predicted molar refractivity (Wildman–Crippen MR) is 111 cm³/mol. The molecule has 0 saturated carbocycles. The van der Waals surface area contributed by atoms with E-state index in [4.69, 9.17) is 4.74 Å². The molecule has 4 rings (SSSR count). The molecule has 0 radical (unpaired) electrons. The average molecular weight is 406 g/mol. The molecule has 0 spiro atoms. The van der Waals surface area contributed by atoms with Crippen molar-refractivity contribution < 1.29 is 24.5 Å². The zero-order chi connectivity index (χ0) is 21.4. The molecule has 1 aliphatic heterocycles. The van der Waals surface area contributed by atoms with Crippen LogP contribution in [-0.2, 0) is 16.0 Å². The largest absolute Gasteiger partial charge is 0.504 e. The van der Waals surface area contributed by atoms with E-state index in [2.05, 4.69) is 4.98 Å². The van der Waals surface area contributed by atoms with E-state index in [0.29, 0.717) is 18.5 Å². The second kappa shape index (κ2) is 7.59. The Morgan fingerprint density at radius 3 is 2.70 bits per heavy atom. The second-order valence-electron chi connectivity index (χ2n) is 7.26. The van der Waals surface area contributed by atoms with Crippen molar-refractivity contribution in [3.63, 3.8) is 0 Å². The molecule has 7 nitrogen and oxygen atoms in total. The van der Waals surface area contributed by atoms with Crippen LogP contribution >= 0.6 is 0 Å². The number of phenolic OH excluding ortho intramolecular Hbond substituents is 1. The van der Waals surface area contributed by atoms with Gasteiger partial charge in [-0.25, -0.2) is 0 Å². The number of aliphatic hydroxyl groups is 1. The zero-order valence-electron chi connectivity index (χ0n) is 16.7. The molecular weight excluding hydrogens is 384 g/mol. The summed E-state index contributed by atoms with van der Waals surface area (Å²) >= 11 is 0. The number of Topliss-reactive ketones (excluding diaryl/α,β-unsaturated/α-hetero) is 1. The molecule has 1 atom stereocenters. The number of phenols is 1. The van der Waals surface area contributed by atoms with E-state index >= 15 is 0 Å². The number of ether oxygens (including phenoxy) is 1. The van der Waals surface area contributed by atoms with Crippen molar-refractivity contribution in [2.75, 3.05) is 13.7 Å². The normalized spacial score (nSPS) is 16.5. The minimum Gasteiger partial charge on any atom is -0.504 e. The van der Waals surface area contributed by atoms with Gasteiger partial charge >= 0.3 is 0 Å². The molecule has 0 fully saturated rings. The van der Waals surface area contributed by atoms with Gasteiger partial charge in [-0.05, 0) is 42.7 Å². The molecule has 3 N–H and O–H groups in total. The Kier molecular flexibility index (Phi) is 4.95. The lowest BCUT2D eigenvalue weighted by Crippen LogP contribution is -2.32. The van der Waals surface area contributed by atoms with Gasteiger partial charge in [0.2, 0.25) is 0 Å². The number of ketones is 1. The molecule has 1 aromatic heterocycles. The number of methoxy groups -OCH3 is 1. The average Bonchev–Trinajstić information content (AvgIpc) is 3.26. The summed E-state index contributed by atoms with van der Waals surface area (Å²) in [6.07, 6.45) is 2.45. The van der Waals surface area contributed by atoms with Crippen LogP contribution in [0.3, 0.4) is 0 Å². The molecule has 1 aliphatic rings. The van der Waals surface area contributed by atoms with Crippen molar-refractivity contribution >= 4 is 22.6 Å². The maximum atomic E-state index is 12.8. The van der Waals surface area contributed by atoms with Gasteiger partial charge in [-0.3, -0.25) is 9.59 Å². The molecule has 0 saturated heterocycles. The van der Waals surface area contributed by atoms with Gasteiger partial charge in [-0.15, -0.1) is 0 Å². The highest BCUT2D eigenvalue weighted by Crippen LogP contribution is 2.40. The van der Waals surface area contributed by atoms with Crippen LogP contribution in [0.15, 0.2) is 60.0 Å². The Labute approximate surface area is 173 Å². The van der Waals surface area contributed by atoms with Crippen LogP contribution in [0.25, 0.3) is 10.9 Å². The first-order valence-electron chi connectivity index (χ1n) is 9.59. The van der Waals surface area contributed by atoms with Gasteiger partial charge in [-0.2, -0.15) is 0 Å². The van der Waals surface area contributed by atoms with Crippen LogP contribution < -0.4 is 4.74 Å². The molecule has 1 amide bonds. The predicted octanol–water partition coefficient (Wildman–Crippen LogP) is 3.41. The summed E-state index contributed by atoms with van der Waals surface area (Å²) in [4.78, 5) is 29.8. The smallest absolute Gasteiger partial charge is 0.290 e. The number of fused-ring (bicyclic) bond motifs is 1. The lowest BCUT2D eigenvalue weighted by molar-refractivity contribution is -0.129. The first kappa shape index (κ1) is 19.6. The third-order valence-electron chi connectivity index (χ3n) is 5.50. The number of aromatic amines is 1. The number of carbonyl (C=O) groups excluding carboxylic acids is 2. The third kappa shape index (κ3) is 3.18. The van der Waals surface area contributed by atoms with Crippen LogP contribution in [0, 0.1) is 0 Å². The minimum atomic E-state index is -0.755. The fraction of sp³-hybridized carbons (Fsp3) is 0.217. The molecule has 30 heavy (non-hydrogen) atoms. The van der Waals surface area contributed by atoms with Gasteiger partial charge < -0.3 is 24.8 Å². The number of amides is 1. The van der Waals surface area contributed by atoms with Crippen LogP contribution in [0.4, 0.5) is 0 Å². The van der Waals surface area contributed by atoms with Crippen molar-refractivity contribution in [3.05, 3.63) is 71.1 Å². The summed E-state index contributed by atoms with van der Waals surface area (Å²) < 4.78 is 5.18. The number of aromatic nitrogens is 1. The fourth-order valence-electron chi connectivity index (χ4n) is 4.03. The summed E-state index contributed by atoms with van der Waals surface area (Å²) in [5, 5.41) is 21.4. The highest BCUT2D eigenvalue weighted by Gasteiger charge is 2.42. The Morgan fingerprint density at radius 1 is 1.20 bits per heavy atom. The molecule has 0 aliphatic carbocycles. The Bertz CT molecular complexity index is 1180. The fourth-order valence-corrected chi connectivity index (χ4v) is 4.03. The van der Waals surface area contributed by atoms with E-state index in [1.807, 2.05) is 30.5 Å². The lowest BCUT2D eigenvalue weighted by Gasteiger charge is -2.27. The van der Waals surface area contributed by atoms with E-state index < -0.39 is 17.7 Å². The number of aromatic hydroxyl groups is 1. The molecule has 2 aromatic carbocycles. The highest BCUT2D eigenvalue weighted by molar-refractivity contribution is 6.08. The summed E-state index contributed by atoms with van der Waals surface area (Å²) in [5.74, 6) is -1.32. The monoisotopic (exact) mass is 406 g/mol. The number of nitrogens with zero attached hydrogens (tertiary/aromatic N) is 1. The first-order valence-corrected chi connectivity index (χ1v) is 9.59. The molecule has 2 heterocycles. The van der Waals surface area contributed by atoms with E-state index in [1.54, 1.807) is 12.1 Å². The van der Waals surface area contributed by atoms with Gasteiger partial charge in [-0.1, -0.05) is 24.3 Å². The maximum Gasteiger partial charge on any atom is 0.290 e. The van der Waals surface area contributed by atoms with Gasteiger partial charge in [0.05, 0.1) is 18.7 Å². The van der Waals surface area contributed by atoms with E-state index in [1.165, 1.54) is 25.0 Å². The SMILES string of the molecule is COc1cc([C@@H]2C(C(C)=O)=C(O)C(=O)N2CCc2c[nH]c3ccccc23)ccc1O. The number of hydrogen-bond acceptors (Lipinski definition) is 5. The number of aliphatic hydroxyl groups excluding tert-OH is 1. The van der Waals surface area contributed by atoms with Gasteiger partial charge in [0.1, 0.15) is 0 Å². The zero-order valence-corrected chi connectivity index (χ0v) is 16.7. The molecule has 154 valence electrons. The Balaban J connectivity index is 1.70.